The molecule has 0 aromatic heterocycles. The fraction of sp³-hybridized carbons (Fsp3) is 0.800. The van der Waals surface area contributed by atoms with Gasteiger partial charge < -0.3 is 15.1 Å². The van der Waals surface area contributed by atoms with E-state index in [9.17, 15) is 9.59 Å². The first-order valence-corrected chi connectivity index (χ1v) is 7.62. The van der Waals surface area contributed by atoms with Crippen molar-refractivity contribution in [2.24, 2.45) is 10.6 Å². The summed E-state index contributed by atoms with van der Waals surface area (Å²) in [6.45, 7) is 7.12. The van der Waals surface area contributed by atoms with E-state index in [0.717, 1.165) is 18.6 Å². The number of rotatable bonds is 4. The van der Waals surface area contributed by atoms with Gasteiger partial charge in [-0.2, -0.15) is 0 Å². The minimum Gasteiger partial charge on any atom is -0.386 e. The Morgan fingerprint density at radius 2 is 1.90 bits per heavy atom. The zero-order chi connectivity index (χ0) is 15.5. The van der Waals surface area contributed by atoms with Gasteiger partial charge in [-0.25, -0.2) is 0 Å². The molecule has 0 aromatic carbocycles. The van der Waals surface area contributed by atoms with E-state index in [0.29, 0.717) is 32.0 Å². The van der Waals surface area contributed by atoms with Gasteiger partial charge in [0.1, 0.15) is 0 Å². The normalized spacial score (nSPS) is 19.2. The van der Waals surface area contributed by atoms with E-state index in [1.54, 1.807) is 0 Å². The van der Waals surface area contributed by atoms with Gasteiger partial charge in [0, 0.05) is 37.4 Å². The molecule has 6 nitrogen and oxygen atoms in total. The van der Waals surface area contributed by atoms with Gasteiger partial charge in [0.05, 0.1) is 5.71 Å². The molecule has 1 saturated carbocycles. The Morgan fingerprint density at radius 1 is 1.29 bits per heavy atom. The van der Waals surface area contributed by atoms with Crippen LogP contribution in [0.4, 0.5) is 0 Å². The van der Waals surface area contributed by atoms with Crippen molar-refractivity contribution in [2.45, 2.75) is 52.5 Å². The molecule has 0 aromatic rings. The average Bonchev–Trinajstić information content (AvgIpc) is 3.21. The van der Waals surface area contributed by atoms with E-state index >= 15 is 0 Å². The lowest BCUT2D eigenvalue weighted by atomic mass is 9.93. The molecule has 1 aliphatic carbocycles. The van der Waals surface area contributed by atoms with Crippen molar-refractivity contribution in [3.8, 4) is 0 Å². The molecule has 0 unspecified atom stereocenters. The maximum absolute atomic E-state index is 12.1. The van der Waals surface area contributed by atoms with Crippen molar-refractivity contribution in [1.29, 1.82) is 0 Å². The molecule has 1 aliphatic heterocycles. The second-order valence-electron chi connectivity index (χ2n) is 6.81. The highest BCUT2D eigenvalue weighted by atomic mass is 16.6. The molecule has 2 fully saturated rings. The van der Waals surface area contributed by atoms with Gasteiger partial charge in [-0.05, 0) is 12.8 Å². The first-order chi connectivity index (χ1) is 9.86. The topological polar surface area (TPSA) is 71.0 Å². The van der Waals surface area contributed by atoms with Gasteiger partial charge in [0.15, 0.2) is 6.61 Å². The Kier molecular flexibility index (Phi) is 4.85. The zero-order valence-corrected chi connectivity index (χ0v) is 13.1. The van der Waals surface area contributed by atoms with Gasteiger partial charge in [-0.15, -0.1) is 0 Å². The lowest BCUT2D eigenvalue weighted by molar-refractivity contribution is -0.139. The number of oxime groups is 1. The maximum Gasteiger partial charge on any atom is 0.260 e. The molecule has 2 rings (SSSR count). The number of piperidine rings is 1. The predicted molar refractivity (Wildman–Crippen MR) is 79.8 cm³/mol. The Labute approximate surface area is 125 Å². The van der Waals surface area contributed by atoms with Gasteiger partial charge in [-0.1, -0.05) is 25.9 Å². The summed E-state index contributed by atoms with van der Waals surface area (Å²) in [7, 11) is 0. The third-order valence-electron chi connectivity index (χ3n) is 3.60. The largest absolute Gasteiger partial charge is 0.386 e. The van der Waals surface area contributed by atoms with Crippen molar-refractivity contribution in [1.82, 2.24) is 10.2 Å². The zero-order valence-electron chi connectivity index (χ0n) is 13.1. The van der Waals surface area contributed by atoms with Crippen LogP contribution in [-0.4, -0.2) is 48.2 Å². The molecular weight excluding hydrogens is 270 g/mol. The van der Waals surface area contributed by atoms with Crippen LogP contribution in [0.3, 0.4) is 0 Å². The number of carbonyl (C=O) groups excluding carboxylic acids is 2. The Balaban J connectivity index is 1.69. The monoisotopic (exact) mass is 295 g/mol. The van der Waals surface area contributed by atoms with Crippen molar-refractivity contribution < 1.29 is 14.4 Å². The van der Waals surface area contributed by atoms with Crippen LogP contribution in [0.1, 0.15) is 46.5 Å². The van der Waals surface area contributed by atoms with E-state index in [1.807, 2.05) is 25.7 Å². The van der Waals surface area contributed by atoms with E-state index in [2.05, 4.69) is 10.5 Å². The van der Waals surface area contributed by atoms with Crippen LogP contribution in [0.25, 0.3) is 0 Å². The lowest BCUT2D eigenvalue weighted by Crippen LogP contribution is -2.44. The summed E-state index contributed by atoms with van der Waals surface area (Å²) in [5, 5.41) is 6.87. The fourth-order valence-corrected chi connectivity index (χ4v) is 2.21. The van der Waals surface area contributed by atoms with Crippen LogP contribution >= 0.6 is 0 Å². The summed E-state index contributed by atoms with van der Waals surface area (Å²) < 4.78 is 0. The van der Waals surface area contributed by atoms with Gasteiger partial charge in [-0.3, -0.25) is 9.59 Å². The molecule has 21 heavy (non-hydrogen) atoms. The summed E-state index contributed by atoms with van der Waals surface area (Å²) >= 11 is 0. The van der Waals surface area contributed by atoms with Gasteiger partial charge in [0.25, 0.3) is 5.91 Å². The van der Waals surface area contributed by atoms with E-state index in [4.69, 9.17) is 4.84 Å². The van der Waals surface area contributed by atoms with Crippen LogP contribution in [0.5, 0.6) is 0 Å². The second-order valence-corrected chi connectivity index (χ2v) is 6.81. The fourth-order valence-electron chi connectivity index (χ4n) is 2.21. The van der Waals surface area contributed by atoms with Crippen LogP contribution in [0, 0.1) is 5.41 Å². The number of nitrogens with zero attached hydrogens (tertiary/aromatic N) is 2. The first-order valence-electron chi connectivity index (χ1n) is 7.62. The maximum atomic E-state index is 12.1. The van der Waals surface area contributed by atoms with Crippen molar-refractivity contribution in [3.63, 3.8) is 0 Å². The summed E-state index contributed by atoms with van der Waals surface area (Å²) in [6.07, 6.45) is 3.56. The summed E-state index contributed by atoms with van der Waals surface area (Å²) in [5.41, 5.74) is 0.582. The molecule has 0 radical (unpaired) electrons. The van der Waals surface area contributed by atoms with E-state index in [1.165, 1.54) is 0 Å². The van der Waals surface area contributed by atoms with Crippen LogP contribution in [0.2, 0.25) is 0 Å². The highest BCUT2D eigenvalue weighted by molar-refractivity contribution is 5.88. The number of hydrogen-bond acceptors (Lipinski definition) is 4. The molecule has 1 heterocycles. The molecule has 1 N–H and O–H groups in total. The van der Waals surface area contributed by atoms with Crippen molar-refractivity contribution in [2.75, 3.05) is 19.7 Å². The molecular formula is C15H25N3O3. The quantitative estimate of drug-likeness (QED) is 0.795. The number of amides is 2. The van der Waals surface area contributed by atoms with Crippen LogP contribution in [-0.2, 0) is 14.4 Å². The molecule has 6 heteroatoms. The van der Waals surface area contributed by atoms with Gasteiger partial charge >= 0.3 is 0 Å². The standard InChI is InChI=1S/C15H25N3O3/c1-15(2,3)14(20)18-8-6-12(7-9-18)17-21-10-13(19)16-11-4-5-11/h11H,4-10H2,1-3H3,(H,16,19). The smallest absolute Gasteiger partial charge is 0.260 e. The van der Waals surface area contributed by atoms with Crippen molar-refractivity contribution in [3.05, 3.63) is 0 Å². The highest BCUT2D eigenvalue weighted by Crippen LogP contribution is 2.20. The molecule has 2 amide bonds. The first kappa shape index (κ1) is 15.8. The molecule has 118 valence electrons. The lowest BCUT2D eigenvalue weighted by Gasteiger charge is -2.32. The minimum absolute atomic E-state index is 0.0232. The molecule has 0 atom stereocenters. The van der Waals surface area contributed by atoms with E-state index < -0.39 is 0 Å². The van der Waals surface area contributed by atoms with Gasteiger partial charge in [0.2, 0.25) is 5.91 Å². The molecule has 1 saturated heterocycles. The van der Waals surface area contributed by atoms with E-state index in [-0.39, 0.29) is 23.8 Å². The minimum atomic E-state index is -0.341. The predicted octanol–water partition coefficient (Wildman–Crippen LogP) is 1.31. The Bertz CT molecular complexity index is 426. The van der Waals surface area contributed by atoms with Crippen molar-refractivity contribution >= 4 is 17.5 Å². The number of likely N-dealkylation sites (tertiary alicyclic amines) is 1. The summed E-state index contributed by atoms with van der Waals surface area (Å²) in [5.74, 6) is 0.0634. The molecule has 2 aliphatic rings. The Hall–Kier alpha value is -1.59. The summed E-state index contributed by atoms with van der Waals surface area (Å²) in [4.78, 5) is 30.5. The second kappa shape index (κ2) is 6.45. The SMILES string of the molecule is CC(C)(C)C(=O)N1CCC(=NOCC(=O)NC2CC2)CC1. The third kappa shape index (κ3) is 5.02. The van der Waals surface area contributed by atoms with Crippen LogP contribution in [0.15, 0.2) is 5.16 Å². The molecule has 0 bridgehead atoms. The Morgan fingerprint density at radius 3 is 2.43 bits per heavy atom. The third-order valence-corrected chi connectivity index (χ3v) is 3.60. The number of nitrogens with one attached hydrogen (secondary N) is 1. The average molecular weight is 295 g/mol. The molecule has 0 spiro atoms. The number of carbonyl (C=O) groups is 2. The number of hydrogen-bond donors (Lipinski definition) is 1. The highest BCUT2D eigenvalue weighted by Gasteiger charge is 2.29. The van der Waals surface area contributed by atoms with Crippen LogP contribution < -0.4 is 5.32 Å². The summed E-state index contributed by atoms with van der Waals surface area (Å²) in [6, 6.07) is 0.348.